The third kappa shape index (κ3) is 6.04. The van der Waals surface area contributed by atoms with Gasteiger partial charge in [0, 0.05) is 50.2 Å². The summed E-state index contributed by atoms with van der Waals surface area (Å²) < 4.78 is 11.3. The third-order valence-electron chi connectivity index (χ3n) is 6.16. The van der Waals surface area contributed by atoms with Crippen molar-refractivity contribution in [2.75, 3.05) is 70.5 Å². The summed E-state index contributed by atoms with van der Waals surface area (Å²) in [6, 6.07) is 3.87. The van der Waals surface area contributed by atoms with Crippen LogP contribution in [0, 0.1) is 0 Å². The van der Waals surface area contributed by atoms with Crippen LogP contribution in [0.4, 0.5) is 17.3 Å². The summed E-state index contributed by atoms with van der Waals surface area (Å²) in [5.74, 6) is 2.17. The Morgan fingerprint density at radius 1 is 1.03 bits per heavy atom. The predicted octanol–water partition coefficient (Wildman–Crippen LogP) is 2.79. The molecule has 0 atom stereocenters. The molecular formula is C25H35N7O4. The fourth-order valence-corrected chi connectivity index (χ4v) is 4.34. The molecule has 0 aliphatic carbocycles. The van der Waals surface area contributed by atoms with Crippen molar-refractivity contribution in [2.45, 2.75) is 25.8 Å². The minimum Gasteiger partial charge on any atom is -0.493 e. The Hall–Kier alpha value is -3.41. The summed E-state index contributed by atoms with van der Waals surface area (Å²) in [7, 11) is 7.29. The molecule has 1 aromatic carbocycles. The van der Waals surface area contributed by atoms with Gasteiger partial charge in [0.1, 0.15) is 18.0 Å². The monoisotopic (exact) mass is 497 g/mol. The highest BCUT2D eigenvalue weighted by molar-refractivity contribution is 6.32. The molecule has 3 N–H and O–H groups in total. The van der Waals surface area contributed by atoms with Gasteiger partial charge in [0.25, 0.3) is 5.91 Å². The normalized spacial score (nSPS) is 19.7. The summed E-state index contributed by atoms with van der Waals surface area (Å²) in [4.78, 5) is 29.5. The van der Waals surface area contributed by atoms with E-state index in [9.17, 15) is 4.79 Å². The average molecular weight is 498 g/mol. The molecule has 2 aromatic rings. The van der Waals surface area contributed by atoms with Gasteiger partial charge in [-0.2, -0.15) is 5.06 Å². The molecule has 1 amide bonds. The Bertz CT molecular complexity index is 1110. The minimum absolute atomic E-state index is 0.239. The minimum atomic E-state index is -0.239. The van der Waals surface area contributed by atoms with Crippen molar-refractivity contribution in [3.63, 3.8) is 0 Å². The van der Waals surface area contributed by atoms with E-state index in [2.05, 4.69) is 37.9 Å². The van der Waals surface area contributed by atoms with Crippen molar-refractivity contribution >= 4 is 28.8 Å². The van der Waals surface area contributed by atoms with Crippen LogP contribution in [0.5, 0.6) is 11.5 Å². The van der Waals surface area contributed by atoms with E-state index in [1.807, 2.05) is 24.2 Å². The molecule has 2 bridgehead atoms. The highest BCUT2D eigenvalue weighted by Crippen LogP contribution is 2.37. The molecule has 194 valence electrons. The van der Waals surface area contributed by atoms with E-state index in [0.717, 1.165) is 43.6 Å². The number of hydroxylamine groups is 2. The van der Waals surface area contributed by atoms with E-state index >= 15 is 0 Å². The first-order valence-electron chi connectivity index (χ1n) is 12.1. The maximum atomic E-state index is 12.8. The number of ether oxygens (including phenoxy) is 2. The molecule has 2 aliphatic rings. The number of anilines is 3. The Kier molecular flexibility index (Phi) is 8.57. The van der Waals surface area contributed by atoms with Crippen LogP contribution in [0.3, 0.4) is 0 Å². The van der Waals surface area contributed by atoms with E-state index in [1.165, 1.54) is 6.33 Å². The Morgan fingerprint density at radius 3 is 2.67 bits per heavy atom. The van der Waals surface area contributed by atoms with E-state index < -0.39 is 0 Å². The van der Waals surface area contributed by atoms with Crippen molar-refractivity contribution in [1.82, 2.24) is 19.9 Å². The summed E-state index contributed by atoms with van der Waals surface area (Å²) in [5.41, 5.74) is 2.86. The SMILES string of the molecule is COc1cc2cc(c1OC)CN(C)CCCCON(C)CCCNc1ncnc3c1/C(=C/N2)C(=O)N3. The highest BCUT2D eigenvalue weighted by Gasteiger charge is 2.29. The number of hydrogen-bond donors (Lipinski definition) is 3. The lowest BCUT2D eigenvalue weighted by molar-refractivity contribution is -0.140. The molecule has 2 aliphatic heterocycles. The first kappa shape index (κ1) is 25.7. The first-order chi connectivity index (χ1) is 17.5. The van der Waals surface area contributed by atoms with E-state index in [1.54, 1.807) is 20.4 Å². The fraction of sp³-hybridized carbons (Fsp3) is 0.480. The molecule has 0 spiro atoms. The maximum absolute atomic E-state index is 12.8. The van der Waals surface area contributed by atoms with Gasteiger partial charge in [0.15, 0.2) is 11.5 Å². The van der Waals surface area contributed by atoms with Gasteiger partial charge in [-0.25, -0.2) is 9.97 Å². The molecule has 36 heavy (non-hydrogen) atoms. The first-order valence-corrected chi connectivity index (χ1v) is 12.1. The van der Waals surface area contributed by atoms with Crippen molar-refractivity contribution in [3.05, 3.63) is 35.8 Å². The zero-order valence-electron chi connectivity index (χ0n) is 21.4. The average Bonchev–Trinajstić information content (AvgIpc) is 3.19. The van der Waals surface area contributed by atoms with Crippen molar-refractivity contribution in [3.8, 4) is 11.5 Å². The molecular weight excluding hydrogens is 462 g/mol. The summed E-state index contributed by atoms with van der Waals surface area (Å²) in [5, 5.41) is 11.3. The number of benzene rings is 1. The van der Waals surface area contributed by atoms with Crippen LogP contribution in [0.25, 0.3) is 5.57 Å². The molecule has 3 heterocycles. The lowest BCUT2D eigenvalue weighted by Crippen LogP contribution is -2.24. The molecule has 0 radical (unpaired) electrons. The summed E-state index contributed by atoms with van der Waals surface area (Å²) >= 11 is 0. The van der Waals surface area contributed by atoms with Gasteiger partial charge in [-0.05, 0) is 38.9 Å². The lowest BCUT2D eigenvalue weighted by atomic mass is 10.1. The van der Waals surface area contributed by atoms with Gasteiger partial charge < -0.3 is 30.3 Å². The van der Waals surface area contributed by atoms with Gasteiger partial charge in [-0.15, -0.1) is 0 Å². The highest BCUT2D eigenvalue weighted by atomic mass is 16.7. The predicted molar refractivity (Wildman–Crippen MR) is 139 cm³/mol. The largest absolute Gasteiger partial charge is 0.493 e. The Morgan fingerprint density at radius 2 is 1.86 bits per heavy atom. The standard InChI is InChI=1S/C25H35N7O4/c1-31-9-5-6-11-36-32(2)10-7-8-26-23-21-19(25(33)30-24(21)29-16-28-23)14-27-18-12-17(15-31)22(35-4)20(13-18)34-3/h12-14,16,27H,5-11,15H2,1-4H3,(H2,26,28,29,30,33)/b19-14-. The topological polar surface area (TPSA) is 113 Å². The van der Waals surface area contributed by atoms with Gasteiger partial charge in [-0.3, -0.25) is 9.63 Å². The van der Waals surface area contributed by atoms with Gasteiger partial charge in [-0.1, -0.05) is 0 Å². The van der Waals surface area contributed by atoms with Crippen molar-refractivity contribution in [1.29, 1.82) is 0 Å². The number of nitrogens with zero attached hydrogens (tertiary/aromatic N) is 4. The fourth-order valence-electron chi connectivity index (χ4n) is 4.34. The maximum Gasteiger partial charge on any atom is 0.259 e. The second kappa shape index (κ2) is 12.0. The van der Waals surface area contributed by atoms with E-state index in [4.69, 9.17) is 14.3 Å². The number of fused-ring (bicyclic) bond motifs is 2. The van der Waals surface area contributed by atoms with Gasteiger partial charge in [0.05, 0.1) is 32.0 Å². The zero-order chi connectivity index (χ0) is 25.5. The molecule has 11 nitrogen and oxygen atoms in total. The summed E-state index contributed by atoms with van der Waals surface area (Å²) in [6.07, 6.45) is 5.97. The molecule has 0 unspecified atom stereocenters. The molecule has 4 rings (SSSR count). The molecule has 0 saturated carbocycles. The van der Waals surface area contributed by atoms with Crippen LogP contribution in [0.15, 0.2) is 24.7 Å². The van der Waals surface area contributed by atoms with Crippen LogP contribution in [0.2, 0.25) is 0 Å². The number of carbonyl (C=O) groups excluding carboxylic acids is 1. The smallest absolute Gasteiger partial charge is 0.259 e. The van der Waals surface area contributed by atoms with Gasteiger partial charge in [0.2, 0.25) is 0 Å². The number of aromatic nitrogens is 2. The molecule has 0 fully saturated rings. The number of nitrogens with one attached hydrogen (secondary N) is 3. The van der Waals surface area contributed by atoms with Crippen molar-refractivity contribution < 1.29 is 19.1 Å². The second-order valence-electron chi connectivity index (χ2n) is 8.88. The molecule has 1 aromatic heterocycles. The van der Waals surface area contributed by atoms with Crippen molar-refractivity contribution in [2.24, 2.45) is 0 Å². The van der Waals surface area contributed by atoms with Crippen LogP contribution < -0.4 is 25.4 Å². The number of methoxy groups -OCH3 is 2. The second-order valence-corrected chi connectivity index (χ2v) is 8.88. The Balaban J connectivity index is 1.67. The van der Waals surface area contributed by atoms with Crippen LogP contribution in [-0.2, 0) is 16.2 Å². The number of hydrogen-bond acceptors (Lipinski definition) is 10. The van der Waals surface area contributed by atoms with Crippen LogP contribution >= 0.6 is 0 Å². The third-order valence-corrected chi connectivity index (χ3v) is 6.16. The lowest BCUT2D eigenvalue weighted by Gasteiger charge is -2.21. The van der Waals surface area contributed by atoms with Crippen LogP contribution in [0.1, 0.15) is 30.4 Å². The zero-order valence-corrected chi connectivity index (χ0v) is 21.4. The Labute approximate surface area is 211 Å². The van der Waals surface area contributed by atoms with Crippen LogP contribution in [-0.4, -0.2) is 80.4 Å². The number of carbonyl (C=O) groups is 1. The van der Waals surface area contributed by atoms with Gasteiger partial charge >= 0.3 is 0 Å². The quantitative estimate of drug-likeness (QED) is 0.572. The van der Waals surface area contributed by atoms with E-state index in [-0.39, 0.29) is 5.91 Å². The molecule has 11 heteroatoms. The number of amides is 1. The number of rotatable bonds is 2. The molecule has 0 saturated heterocycles. The van der Waals surface area contributed by atoms with E-state index in [0.29, 0.717) is 54.0 Å². The summed E-state index contributed by atoms with van der Waals surface area (Å²) in [6.45, 7) is 3.73.